The average Bonchev–Trinajstić information content (AvgIpc) is 3.79. The number of thiophene rings is 1. The van der Waals surface area contributed by atoms with E-state index in [9.17, 15) is 0 Å². The van der Waals surface area contributed by atoms with E-state index in [-0.39, 0.29) is 0 Å². The van der Waals surface area contributed by atoms with Crippen LogP contribution in [0.1, 0.15) is 0 Å². The molecule has 0 atom stereocenters. The van der Waals surface area contributed by atoms with Gasteiger partial charge in [0.05, 0.1) is 5.56 Å². The lowest BCUT2D eigenvalue weighted by atomic mass is 9.95. The summed E-state index contributed by atoms with van der Waals surface area (Å²) >= 11 is 1.79. The van der Waals surface area contributed by atoms with Crippen molar-refractivity contribution in [2.24, 2.45) is 0 Å². The lowest BCUT2D eigenvalue weighted by Gasteiger charge is -2.10. The molecule has 8 aromatic carbocycles. The van der Waals surface area contributed by atoms with Crippen molar-refractivity contribution >= 4 is 75.0 Å². The molecule has 52 heavy (non-hydrogen) atoms. The summed E-state index contributed by atoms with van der Waals surface area (Å²) in [5.41, 5.74) is 6.70. The summed E-state index contributed by atoms with van der Waals surface area (Å²) in [7, 11) is 0. The van der Waals surface area contributed by atoms with E-state index in [0.29, 0.717) is 17.5 Å². The maximum absolute atomic E-state index is 6.91. The minimum Gasteiger partial charge on any atom is -0.455 e. The molecular formula is C47H27N3OS. The van der Waals surface area contributed by atoms with Gasteiger partial charge < -0.3 is 4.42 Å². The standard InChI is InChI=1S/C47H27N3OS/c1-2-13-29(14-3-1)38-27-39-34-19-10-21-37(43(34)51-44(39)33-17-7-6-16-32(33)38)47-49-45(31-25-24-28-12-4-5-15-30(28)26-31)48-46(50-47)36-20-11-23-41-42(36)35-18-8-9-22-40(35)52-41/h1-27H. The number of hydrogen-bond donors (Lipinski definition) is 0. The van der Waals surface area contributed by atoms with Gasteiger partial charge >= 0.3 is 0 Å². The molecule has 0 fully saturated rings. The SMILES string of the molecule is c1ccc(-c2cc3c4cccc(-c5nc(-c6ccc7ccccc7c6)nc(-c6cccc7sc8ccccc8c67)n5)c4oc3c3ccccc23)cc1. The van der Waals surface area contributed by atoms with Crippen molar-refractivity contribution in [3.63, 3.8) is 0 Å². The third kappa shape index (κ3) is 4.50. The van der Waals surface area contributed by atoms with Gasteiger partial charge in [-0.15, -0.1) is 11.3 Å². The Morgan fingerprint density at radius 3 is 1.88 bits per heavy atom. The fourth-order valence-corrected chi connectivity index (χ4v) is 8.82. The monoisotopic (exact) mass is 681 g/mol. The molecule has 11 rings (SSSR count). The van der Waals surface area contributed by atoms with Crippen LogP contribution < -0.4 is 0 Å². The lowest BCUT2D eigenvalue weighted by Crippen LogP contribution is -2.00. The molecule has 0 aliphatic carbocycles. The van der Waals surface area contributed by atoms with Crippen molar-refractivity contribution in [2.75, 3.05) is 0 Å². The topological polar surface area (TPSA) is 51.8 Å². The van der Waals surface area contributed by atoms with Gasteiger partial charge in [0.15, 0.2) is 17.5 Å². The maximum atomic E-state index is 6.91. The van der Waals surface area contributed by atoms with Crippen LogP contribution in [0, 0.1) is 0 Å². The van der Waals surface area contributed by atoms with Crippen LogP contribution in [0.15, 0.2) is 168 Å². The van der Waals surface area contributed by atoms with Gasteiger partial charge in [0.1, 0.15) is 11.2 Å². The Morgan fingerprint density at radius 1 is 0.365 bits per heavy atom. The highest BCUT2D eigenvalue weighted by Crippen LogP contribution is 2.43. The summed E-state index contributed by atoms with van der Waals surface area (Å²) in [4.78, 5) is 15.7. The van der Waals surface area contributed by atoms with Crippen LogP contribution in [0.2, 0.25) is 0 Å². The summed E-state index contributed by atoms with van der Waals surface area (Å²) in [6.45, 7) is 0. The molecular weight excluding hydrogens is 655 g/mol. The van der Waals surface area contributed by atoms with E-state index in [1.54, 1.807) is 11.3 Å². The predicted octanol–water partition coefficient (Wildman–Crippen LogP) is 13.1. The van der Waals surface area contributed by atoms with Gasteiger partial charge in [-0.3, -0.25) is 0 Å². The molecule has 11 aromatic rings. The van der Waals surface area contributed by atoms with Crippen molar-refractivity contribution in [3.8, 4) is 45.3 Å². The van der Waals surface area contributed by atoms with Gasteiger partial charge in [0, 0.05) is 47.5 Å². The Bertz CT molecular complexity index is 3200. The molecule has 0 bridgehead atoms. The van der Waals surface area contributed by atoms with Crippen LogP contribution in [-0.2, 0) is 0 Å². The van der Waals surface area contributed by atoms with Crippen LogP contribution >= 0.6 is 11.3 Å². The first-order valence-corrected chi connectivity index (χ1v) is 18.2. The molecule has 0 N–H and O–H groups in total. The predicted molar refractivity (Wildman–Crippen MR) is 217 cm³/mol. The van der Waals surface area contributed by atoms with Crippen molar-refractivity contribution in [1.82, 2.24) is 15.0 Å². The first-order valence-electron chi connectivity index (χ1n) is 17.4. The van der Waals surface area contributed by atoms with Gasteiger partial charge in [-0.05, 0) is 57.6 Å². The van der Waals surface area contributed by atoms with E-state index >= 15 is 0 Å². The second kappa shape index (κ2) is 11.4. The number of aromatic nitrogens is 3. The first kappa shape index (κ1) is 29.1. The van der Waals surface area contributed by atoms with Crippen LogP contribution in [-0.4, -0.2) is 15.0 Å². The van der Waals surface area contributed by atoms with Crippen molar-refractivity contribution in [3.05, 3.63) is 164 Å². The molecule has 3 heterocycles. The van der Waals surface area contributed by atoms with Crippen LogP contribution in [0.5, 0.6) is 0 Å². The summed E-state index contributed by atoms with van der Waals surface area (Å²) < 4.78 is 9.35. The summed E-state index contributed by atoms with van der Waals surface area (Å²) in [5.74, 6) is 1.82. The van der Waals surface area contributed by atoms with Gasteiger partial charge in [-0.25, -0.2) is 15.0 Å². The second-order valence-corrected chi connectivity index (χ2v) is 14.2. The number of benzene rings is 8. The highest BCUT2D eigenvalue weighted by molar-refractivity contribution is 7.25. The Morgan fingerprint density at radius 2 is 1.00 bits per heavy atom. The maximum Gasteiger partial charge on any atom is 0.167 e. The smallest absolute Gasteiger partial charge is 0.167 e. The highest BCUT2D eigenvalue weighted by atomic mass is 32.1. The van der Waals surface area contributed by atoms with Crippen LogP contribution in [0.25, 0.3) is 109 Å². The zero-order valence-electron chi connectivity index (χ0n) is 27.7. The molecule has 0 radical (unpaired) electrons. The molecule has 0 aliphatic rings. The number of fused-ring (bicyclic) bond motifs is 9. The molecule has 0 spiro atoms. The van der Waals surface area contributed by atoms with E-state index in [1.807, 2.05) is 0 Å². The van der Waals surface area contributed by atoms with Gasteiger partial charge in [0.2, 0.25) is 0 Å². The van der Waals surface area contributed by atoms with Crippen LogP contribution in [0.4, 0.5) is 0 Å². The highest BCUT2D eigenvalue weighted by Gasteiger charge is 2.21. The Labute approximate surface area is 302 Å². The molecule has 0 amide bonds. The van der Waals surface area contributed by atoms with E-state index in [4.69, 9.17) is 19.4 Å². The number of furan rings is 1. The largest absolute Gasteiger partial charge is 0.455 e. The number of nitrogens with zero attached hydrogens (tertiary/aromatic N) is 3. The molecule has 242 valence electrons. The summed E-state index contributed by atoms with van der Waals surface area (Å²) in [6.07, 6.45) is 0. The quantitative estimate of drug-likeness (QED) is 0.185. The Hall–Kier alpha value is -6.69. The van der Waals surface area contributed by atoms with Crippen LogP contribution in [0.3, 0.4) is 0 Å². The van der Waals surface area contributed by atoms with E-state index in [1.165, 1.54) is 31.3 Å². The normalized spacial score (nSPS) is 11.8. The summed E-state index contributed by atoms with van der Waals surface area (Å²) in [6, 6.07) is 57.4. The molecule has 0 unspecified atom stereocenters. The minimum atomic E-state index is 0.571. The fourth-order valence-electron chi connectivity index (χ4n) is 7.69. The minimum absolute atomic E-state index is 0.571. The van der Waals surface area contributed by atoms with Gasteiger partial charge in [0.25, 0.3) is 0 Å². The zero-order chi connectivity index (χ0) is 34.2. The first-order chi connectivity index (χ1) is 25.8. The van der Waals surface area contributed by atoms with Crippen molar-refractivity contribution in [2.45, 2.75) is 0 Å². The number of hydrogen-bond acceptors (Lipinski definition) is 5. The zero-order valence-corrected chi connectivity index (χ0v) is 28.6. The third-order valence-corrected chi connectivity index (χ3v) is 11.3. The Balaban J connectivity index is 1.20. The summed E-state index contributed by atoms with van der Waals surface area (Å²) in [5, 5.41) is 8.98. The van der Waals surface area contributed by atoms with Crippen molar-refractivity contribution in [1.29, 1.82) is 0 Å². The average molecular weight is 682 g/mol. The molecule has 0 saturated carbocycles. The van der Waals surface area contributed by atoms with E-state index < -0.39 is 0 Å². The van der Waals surface area contributed by atoms with Crippen molar-refractivity contribution < 1.29 is 4.42 Å². The van der Waals surface area contributed by atoms with E-state index in [2.05, 4.69) is 164 Å². The molecule has 0 aliphatic heterocycles. The number of para-hydroxylation sites is 1. The Kier molecular flexibility index (Phi) is 6.39. The second-order valence-electron chi connectivity index (χ2n) is 13.1. The van der Waals surface area contributed by atoms with Gasteiger partial charge in [-0.1, -0.05) is 133 Å². The number of rotatable bonds is 4. The lowest BCUT2D eigenvalue weighted by molar-refractivity contribution is 0.673. The molecule has 3 aromatic heterocycles. The van der Waals surface area contributed by atoms with Gasteiger partial charge in [-0.2, -0.15) is 0 Å². The molecule has 4 nitrogen and oxygen atoms in total. The molecule has 0 saturated heterocycles. The fraction of sp³-hybridized carbons (Fsp3) is 0. The molecule has 5 heteroatoms. The van der Waals surface area contributed by atoms with E-state index in [0.717, 1.165) is 60.2 Å². The third-order valence-electron chi connectivity index (χ3n) is 10.1.